The van der Waals surface area contributed by atoms with Gasteiger partial charge in [-0.25, -0.2) is 4.98 Å². The van der Waals surface area contributed by atoms with Crippen LogP contribution in [-0.2, 0) is 0 Å². The zero-order chi connectivity index (χ0) is 12.7. The van der Waals surface area contributed by atoms with Crippen LogP contribution in [0.3, 0.4) is 0 Å². The van der Waals surface area contributed by atoms with E-state index >= 15 is 0 Å². The lowest BCUT2D eigenvalue weighted by atomic mass is 10.0. The van der Waals surface area contributed by atoms with Gasteiger partial charge in [-0.2, -0.15) is 0 Å². The Kier molecular flexibility index (Phi) is 2.84. The molecule has 0 spiro atoms. The minimum Gasteiger partial charge on any atom is -0.375 e. The van der Waals surface area contributed by atoms with Crippen molar-refractivity contribution in [1.29, 1.82) is 0 Å². The highest BCUT2D eigenvalue weighted by molar-refractivity contribution is 9.10. The summed E-state index contributed by atoms with van der Waals surface area (Å²) >= 11 is 5.12. The number of aryl methyl sites for hydroxylation is 1. The number of nitrogen functional groups attached to an aromatic ring is 1. The first-order valence-electron chi connectivity index (χ1n) is 5.57. The summed E-state index contributed by atoms with van der Waals surface area (Å²) in [6.07, 6.45) is 0. The maximum absolute atomic E-state index is 5.79. The van der Waals surface area contributed by atoms with Gasteiger partial charge in [0.05, 0.1) is 5.69 Å². The lowest BCUT2D eigenvalue weighted by Crippen LogP contribution is -1.86. The molecule has 0 aliphatic rings. The fourth-order valence-electron chi connectivity index (χ4n) is 2.14. The average Bonchev–Trinajstić information content (AvgIpc) is 2.69. The number of nitrogens with zero attached hydrogens (tertiary/aromatic N) is 1. The van der Waals surface area contributed by atoms with E-state index < -0.39 is 0 Å². The smallest absolute Gasteiger partial charge is 0.180 e. The van der Waals surface area contributed by atoms with Gasteiger partial charge in [-0.05, 0) is 23.8 Å². The number of thiazole rings is 1. The molecule has 2 aromatic carbocycles. The van der Waals surface area contributed by atoms with Crippen molar-refractivity contribution in [2.24, 2.45) is 0 Å². The van der Waals surface area contributed by atoms with Gasteiger partial charge < -0.3 is 5.73 Å². The molecule has 2 N–H and O–H groups in total. The minimum absolute atomic E-state index is 0.620. The highest BCUT2D eigenvalue weighted by Gasteiger charge is 2.12. The van der Waals surface area contributed by atoms with Crippen LogP contribution < -0.4 is 5.73 Å². The Hall–Kier alpha value is -1.39. The summed E-state index contributed by atoms with van der Waals surface area (Å²) < 4.78 is 1.10. The molecule has 0 atom stereocenters. The molecule has 0 aliphatic heterocycles. The van der Waals surface area contributed by atoms with Gasteiger partial charge >= 0.3 is 0 Å². The molecule has 18 heavy (non-hydrogen) atoms. The maximum Gasteiger partial charge on any atom is 0.180 e. The first-order chi connectivity index (χ1) is 8.66. The Labute approximate surface area is 118 Å². The van der Waals surface area contributed by atoms with Crippen LogP contribution in [0.25, 0.3) is 22.0 Å². The molecule has 0 saturated heterocycles. The van der Waals surface area contributed by atoms with Crippen molar-refractivity contribution in [2.75, 3.05) is 5.73 Å². The summed E-state index contributed by atoms with van der Waals surface area (Å²) in [6.45, 7) is 2.06. The summed E-state index contributed by atoms with van der Waals surface area (Å²) in [5, 5.41) is 3.01. The summed E-state index contributed by atoms with van der Waals surface area (Å²) in [4.78, 5) is 5.59. The van der Waals surface area contributed by atoms with Gasteiger partial charge in [-0.15, -0.1) is 11.3 Å². The molecule has 2 nitrogen and oxygen atoms in total. The van der Waals surface area contributed by atoms with Crippen LogP contribution in [0.15, 0.2) is 40.9 Å². The van der Waals surface area contributed by atoms with Gasteiger partial charge in [0.2, 0.25) is 0 Å². The first-order valence-corrected chi connectivity index (χ1v) is 7.18. The van der Waals surface area contributed by atoms with E-state index in [2.05, 4.69) is 52.1 Å². The lowest BCUT2D eigenvalue weighted by molar-refractivity contribution is 1.39. The van der Waals surface area contributed by atoms with E-state index in [-0.39, 0.29) is 0 Å². The first kappa shape index (κ1) is 11.7. The molecule has 0 amide bonds. The topological polar surface area (TPSA) is 38.9 Å². The van der Waals surface area contributed by atoms with Crippen molar-refractivity contribution in [3.8, 4) is 11.3 Å². The van der Waals surface area contributed by atoms with E-state index in [1.54, 1.807) is 0 Å². The maximum atomic E-state index is 5.79. The van der Waals surface area contributed by atoms with E-state index in [1.807, 2.05) is 12.1 Å². The Bertz CT molecular complexity index is 734. The van der Waals surface area contributed by atoms with Crippen LogP contribution in [0.4, 0.5) is 5.13 Å². The molecule has 1 aromatic heterocycles. The summed E-state index contributed by atoms with van der Waals surface area (Å²) in [7, 11) is 0. The largest absolute Gasteiger partial charge is 0.375 e. The molecule has 0 saturated carbocycles. The Morgan fingerprint density at radius 1 is 1.11 bits per heavy atom. The number of halogens is 1. The van der Waals surface area contributed by atoms with Crippen molar-refractivity contribution in [1.82, 2.24) is 4.98 Å². The normalized spacial score (nSPS) is 11.0. The number of nitrogens with two attached hydrogens (primary N) is 1. The van der Waals surface area contributed by atoms with Crippen LogP contribution in [0.1, 0.15) is 4.88 Å². The van der Waals surface area contributed by atoms with Gasteiger partial charge in [-0.1, -0.05) is 46.3 Å². The summed E-state index contributed by atoms with van der Waals surface area (Å²) in [5.74, 6) is 0. The van der Waals surface area contributed by atoms with Crippen LogP contribution in [0.2, 0.25) is 0 Å². The summed E-state index contributed by atoms with van der Waals surface area (Å²) in [5.41, 5.74) is 7.91. The number of fused-ring (bicyclic) bond motifs is 1. The lowest BCUT2D eigenvalue weighted by Gasteiger charge is -2.06. The highest BCUT2D eigenvalue weighted by Crippen LogP contribution is 2.36. The van der Waals surface area contributed by atoms with Gasteiger partial charge in [-0.3, -0.25) is 0 Å². The van der Waals surface area contributed by atoms with Crippen LogP contribution >= 0.6 is 27.3 Å². The molecular formula is C14H11BrN2S. The second kappa shape index (κ2) is 4.37. The van der Waals surface area contributed by atoms with Crippen LogP contribution in [-0.4, -0.2) is 4.98 Å². The average molecular weight is 319 g/mol. The van der Waals surface area contributed by atoms with E-state index in [4.69, 9.17) is 5.73 Å². The number of hydrogen-bond acceptors (Lipinski definition) is 3. The molecule has 3 aromatic rings. The molecule has 0 radical (unpaired) electrons. The fourth-order valence-corrected chi connectivity index (χ4v) is 3.32. The molecule has 0 fully saturated rings. The zero-order valence-electron chi connectivity index (χ0n) is 9.77. The molecular weight excluding hydrogens is 308 g/mol. The van der Waals surface area contributed by atoms with Gasteiger partial charge in [0.1, 0.15) is 0 Å². The molecule has 0 aliphatic carbocycles. The van der Waals surface area contributed by atoms with Crippen molar-refractivity contribution < 1.29 is 0 Å². The number of benzene rings is 2. The second-order valence-electron chi connectivity index (χ2n) is 4.10. The second-order valence-corrected chi connectivity index (χ2v) is 6.19. The number of anilines is 1. The molecule has 0 unspecified atom stereocenters. The van der Waals surface area contributed by atoms with E-state index in [0.29, 0.717) is 5.13 Å². The van der Waals surface area contributed by atoms with Crippen LogP contribution in [0.5, 0.6) is 0 Å². The van der Waals surface area contributed by atoms with Gasteiger partial charge in [0.25, 0.3) is 0 Å². The SMILES string of the molecule is Cc1sc(N)nc1-c1ccc(Br)c2ccccc12. The molecule has 3 rings (SSSR count). The number of hydrogen-bond donors (Lipinski definition) is 1. The number of rotatable bonds is 1. The zero-order valence-corrected chi connectivity index (χ0v) is 12.2. The monoisotopic (exact) mass is 318 g/mol. The predicted octanol–water partition coefficient (Wildman–Crippen LogP) is 4.62. The highest BCUT2D eigenvalue weighted by atomic mass is 79.9. The van der Waals surface area contributed by atoms with Crippen molar-refractivity contribution in [3.05, 3.63) is 45.7 Å². The third-order valence-corrected chi connectivity index (χ3v) is 4.43. The molecule has 4 heteroatoms. The standard InChI is InChI=1S/C14H11BrN2S/c1-8-13(17-14(16)18-8)11-6-7-12(15)10-5-3-2-4-9(10)11/h2-7H,1H3,(H2,16,17). The van der Waals surface area contributed by atoms with E-state index in [1.165, 1.54) is 22.1 Å². The summed E-state index contributed by atoms with van der Waals surface area (Å²) in [6, 6.07) is 12.5. The predicted molar refractivity (Wildman–Crippen MR) is 81.9 cm³/mol. The Morgan fingerprint density at radius 3 is 2.50 bits per heavy atom. The Balaban J connectivity index is 2.37. The van der Waals surface area contributed by atoms with E-state index in [9.17, 15) is 0 Å². The number of aromatic nitrogens is 1. The van der Waals surface area contributed by atoms with Crippen LogP contribution in [0, 0.1) is 6.92 Å². The van der Waals surface area contributed by atoms with Crippen molar-refractivity contribution >= 4 is 43.2 Å². The van der Waals surface area contributed by atoms with Gasteiger partial charge in [0.15, 0.2) is 5.13 Å². The minimum atomic E-state index is 0.620. The molecule has 0 bridgehead atoms. The van der Waals surface area contributed by atoms with Gasteiger partial charge in [0, 0.05) is 14.9 Å². The quantitative estimate of drug-likeness (QED) is 0.711. The van der Waals surface area contributed by atoms with Crippen molar-refractivity contribution in [2.45, 2.75) is 6.92 Å². The van der Waals surface area contributed by atoms with E-state index in [0.717, 1.165) is 20.6 Å². The third-order valence-electron chi connectivity index (χ3n) is 2.94. The molecule has 90 valence electrons. The van der Waals surface area contributed by atoms with Crippen molar-refractivity contribution in [3.63, 3.8) is 0 Å². The third kappa shape index (κ3) is 1.82. The molecule has 1 heterocycles. The Morgan fingerprint density at radius 2 is 1.83 bits per heavy atom. The fraction of sp³-hybridized carbons (Fsp3) is 0.0714.